The summed E-state index contributed by atoms with van der Waals surface area (Å²) in [6.07, 6.45) is 0.553. The van der Waals surface area contributed by atoms with Crippen molar-refractivity contribution in [3.05, 3.63) is 24.3 Å². The van der Waals surface area contributed by atoms with Crippen molar-refractivity contribution in [3.8, 4) is 0 Å². The molecule has 19 heavy (non-hydrogen) atoms. The van der Waals surface area contributed by atoms with Crippen molar-refractivity contribution in [1.82, 2.24) is 0 Å². The normalized spacial score (nSPS) is 12.8. The van der Waals surface area contributed by atoms with Gasteiger partial charge < -0.3 is 11.1 Å². The first-order valence-electron chi connectivity index (χ1n) is 6.01. The molecule has 106 valence electrons. The SMILES string of the molecule is CCCS(=O)(=O)Nc1ccc(NC(=O)[C@@H](C)N)cc1. The molecule has 0 spiro atoms. The fourth-order valence-corrected chi connectivity index (χ4v) is 2.51. The highest BCUT2D eigenvalue weighted by Crippen LogP contribution is 2.15. The fourth-order valence-electron chi connectivity index (χ4n) is 1.38. The van der Waals surface area contributed by atoms with E-state index in [0.29, 0.717) is 17.8 Å². The van der Waals surface area contributed by atoms with Gasteiger partial charge in [0.2, 0.25) is 15.9 Å². The zero-order valence-electron chi connectivity index (χ0n) is 11.0. The van der Waals surface area contributed by atoms with Gasteiger partial charge in [-0.1, -0.05) is 6.92 Å². The van der Waals surface area contributed by atoms with Gasteiger partial charge in [0.25, 0.3) is 0 Å². The molecule has 6 nitrogen and oxygen atoms in total. The Kier molecular flexibility index (Phi) is 5.31. The molecule has 1 aromatic rings. The molecule has 1 amide bonds. The van der Waals surface area contributed by atoms with Crippen LogP contribution in [0.25, 0.3) is 0 Å². The highest BCUT2D eigenvalue weighted by molar-refractivity contribution is 7.92. The van der Waals surface area contributed by atoms with Gasteiger partial charge in [-0.3, -0.25) is 9.52 Å². The number of hydrogen-bond donors (Lipinski definition) is 3. The molecule has 0 radical (unpaired) electrons. The predicted molar refractivity (Wildman–Crippen MR) is 76.4 cm³/mol. The smallest absolute Gasteiger partial charge is 0.240 e. The molecule has 0 unspecified atom stereocenters. The largest absolute Gasteiger partial charge is 0.325 e. The summed E-state index contributed by atoms with van der Waals surface area (Å²) < 4.78 is 25.6. The zero-order chi connectivity index (χ0) is 14.5. The molecular weight excluding hydrogens is 266 g/mol. The van der Waals surface area contributed by atoms with E-state index < -0.39 is 16.1 Å². The summed E-state index contributed by atoms with van der Waals surface area (Å²) in [7, 11) is -3.29. The first-order chi connectivity index (χ1) is 8.84. The summed E-state index contributed by atoms with van der Waals surface area (Å²) in [4.78, 5) is 11.4. The Labute approximate surface area is 113 Å². The number of nitrogens with two attached hydrogens (primary N) is 1. The Hall–Kier alpha value is -1.60. The van der Waals surface area contributed by atoms with Crippen LogP contribution in [-0.4, -0.2) is 26.1 Å². The van der Waals surface area contributed by atoms with Gasteiger partial charge in [0, 0.05) is 11.4 Å². The van der Waals surface area contributed by atoms with E-state index in [2.05, 4.69) is 10.0 Å². The second-order valence-corrected chi connectivity index (χ2v) is 6.12. The fraction of sp³-hybridized carbons (Fsp3) is 0.417. The average molecular weight is 285 g/mol. The number of nitrogens with one attached hydrogen (secondary N) is 2. The Bertz CT molecular complexity index is 524. The van der Waals surface area contributed by atoms with Crippen molar-refractivity contribution in [1.29, 1.82) is 0 Å². The molecule has 0 fully saturated rings. The molecular formula is C12H19N3O3S. The van der Waals surface area contributed by atoms with Crippen molar-refractivity contribution < 1.29 is 13.2 Å². The van der Waals surface area contributed by atoms with Crippen molar-refractivity contribution >= 4 is 27.3 Å². The Morgan fingerprint density at radius 3 is 2.26 bits per heavy atom. The topological polar surface area (TPSA) is 101 Å². The van der Waals surface area contributed by atoms with Crippen molar-refractivity contribution in [2.45, 2.75) is 26.3 Å². The van der Waals surface area contributed by atoms with Crippen molar-refractivity contribution in [2.24, 2.45) is 5.73 Å². The van der Waals surface area contributed by atoms with Gasteiger partial charge >= 0.3 is 0 Å². The van der Waals surface area contributed by atoms with E-state index in [4.69, 9.17) is 5.73 Å². The summed E-state index contributed by atoms with van der Waals surface area (Å²) in [5, 5.41) is 2.62. The van der Waals surface area contributed by atoms with E-state index in [9.17, 15) is 13.2 Å². The minimum atomic E-state index is -3.29. The Morgan fingerprint density at radius 2 is 1.79 bits per heavy atom. The number of hydrogen-bond acceptors (Lipinski definition) is 4. The Morgan fingerprint density at radius 1 is 1.26 bits per heavy atom. The van der Waals surface area contributed by atoms with E-state index in [1.165, 1.54) is 0 Å². The van der Waals surface area contributed by atoms with Gasteiger partial charge in [-0.05, 0) is 37.6 Å². The van der Waals surface area contributed by atoms with E-state index >= 15 is 0 Å². The second-order valence-electron chi connectivity index (χ2n) is 4.28. The van der Waals surface area contributed by atoms with E-state index in [-0.39, 0.29) is 11.7 Å². The molecule has 0 bridgehead atoms. The third-order valence-corrected chi connectivity index (χ3v) is 3.80. The number of carbonyl (C=O) groups excluding carboxylic acids is 1. The maximum Gasteiger partial charge on any atom is 0.240 e. The van der Waals surface area contributed by atoms with Crippen LogP contribution in [0.4, 0.5) is 11.4 Å². The minimum Gasteiger partial charge on any atom is -0.325 e. The van der Waals surface area contributed by atoms with Crippen LogP contribution in [0.1, 0.15) is 20.3 Å². The van der Waals surface area contributed by atoms with Crippen LogP contribution in [0.2, 0.25) is 0 Å². The van der Waals surface area contributed by atoms with Crippen LogP contribution in [-0.2, 0) is 14.8 Å². The minimum absolute atomic E-state index is 0.0795. The molecule has 0 aromatic heterocycles. The number of rotatable bonds is 6. The molecule has 0 aliphatic carbocycles. The summed E-state index contributed by atoms with van der Waals surface area (Å²) in [6, 6.07) is 5.81. The highest BCUT2D eigenvalue weighted by Gasteiger charge is 2.10. The quantitative estimate of drug-likeness (QED) is 0.729. The molecule has 0 saturated heterocycles. The lowest BCUT2D eigenvalue weighted by Gasteiger charge is -2.10. The van der Waals surface area contributed by atoms with Gasteiger partial charge in [-0.25, -0.2) is 8.42 Å². The van der Waals surface area contributed by atoms with Gasteiger partial charge in [0.1, 0.15) is 0 Å². The average Bonchev–Trinajstić information content (AvgIpc) is 2.31. The molecule has 0 saturated carbocycles. The standard InChI is InChI=1S/C12H19N3O3S/c1-3-8-19(17,18)15-11-6-4-10(5-7-11)14-12(16)9(2)13/h4-7,9,15H,3,8,13H2,1-2H3,(H,14,16)/t9-/m1/s1. The third-order valence-electron chi connectivity index (χ3n) is 2.31. The van der Waals surface area contributed by atoms with Gasteiger partial charge in [-0.2, -0.15) is 0 Å². The van der Waals surface area contributed by atoms with Crippen LogP contribution in [0.5, 0.6) is 0 Å². The molecule has 0 aliphatic heterocycles. The summed E-state index contributed by atoms with van der Waals surface area (Å²) in [5.74, 6) is -0.213. The molecule has 0 aliphatic rings. The van der Waals surface area contributed by atoms with Crippen molar-refractivity contribution in [2.75, 3.05) is 15.8 Å². The van der Waals surface area contributed by atoms with Crippen LogP contribution in [0.15, 0.2) is 24.3 Å². The van der Waals surface area contributed by atoms with E-state index in [1.54, 1.807) is 38.1 Å². The van der Waals surface area contributed by atoms with E-state index in [1.807, 2.05) is 0 Å². The molecule has 0 heterocycles. The monoisotopic (exact) mass is 285 g/mol. The lowest BCUT2D eigenvalue weighted by atomic mass is 10.2. The summed E-state index contributed by atoms with van der Waals surface area (Å²) >= 11 is 0. The molecule has 4 N–H and O–H groups in total. The predicted octanol–water partition coefficient (Wildman–Crippen LogP) is 1.12. The van der Waals surface area contributed by atoms with Crippen LogP contribution < -0.4 is 15.8 Å². The lowest BCUT2D eigenvalue weighted by Crippen LogP contribution is -2.32. The summed E-state index contributed by atoms with van der Waals surface area (Å²) in [5.41, 5.74) is 6.46. The molecule has 7 heteroatoms. The maximum absolute atomic E-state index is 11.6. The lowest BCUT2D eigenvalue weighted by molar-refractivity contribution is -0.117. The summed E-state index contributed by atoms with van der Waals surface area (Å²) in [6.45, 7) is 3.38. The van der Waals surface area contributed by atoms with Crippen molar-refractivity contribution in [3.63, 3.8) is 0 Å². The van der Waals surface area contributed by atoms with Crippen LogP contribution in [0, 0.1) is 0 Å². The first-order valence-corrected chi connectivity index (χ1v) is 7.66. The second kappa shape index (κ2) is 6.53. The number of amides is 1. The number of benzene rings is 1. The molecule has 1 aromatic carbocycles. The van der Waals surface area contributed by atoms with Gasteiger partial charge in [0.05, 0.1) is 11.8 Å². The zero-order valence-corrected chi connectivity index (χ0v) is 11.8. The number of carbonyl (C=O) groups is 1. The first kappa shape index (κ1) is 15.5. The van der Waals surface area contributed by atoms with Gasteiger partial charge in [-0.15, -0.1) is 0 Å². The third kappa shape index (κ3) is 5.27. The van der Waals surface area contributed by atoms with Crippen LogP contribution in [0.3, 0.4) is 0 Å². The maximum atomic E-state index is 11.6. The van der Waals surface area contributed by atoms with E-state index in [0.717, 1.165) is 0 Å². The number of sulfonamides is 1. The molecule has 1 atom stereocenters. The molecule has 1 rings (SSSR count). The Balaban J connectivity index is 2.69. The van der Waals surface area contributed by atoms with Crippen LogP contribution >= 0.6 is 0 Å². The number of anilines is 2. The van der Waals surface area contributed by atoms with Gasteiger partial charge in [0.15, 0.2) is 0 Å². The highest BCUT2D eigenvalue weighted by atomic mass is 32.2.